The lowest BCUT2D eigenvalue weighted by Gasteiger charge is -2.19. The third-order valence-corrected chi connectivity index (χ3v) is 2.28. The predicted octanol–water partition coefficient (Wildman–Crippen LogP) is 0.530. The van der Waals surface area contributed by atoms with Crippen molar-refractivity contribution >= 4 is 5.97 Å². The van der Waals surface area contributed by atoms with Gasteiger partial charge in [0.25, 0.3) is 0 Å². The molecular weight excluding hydrogens is 156 g/mol. The second kappa shape index (κ2) is 2.62. The summed E-state index contributed by atoms with van der Waals surface area (Å²) in [7, 11) is 0. The lowest BCUT2D eigenvalue weighted by molar-refractivity contribution is -0.142. The molecule has 0 spiro atoms. The number of hydrogen-bond donors (Lipinski definition) is 1. The number of aromatic nitrogens is 2. The molecule has 1 aliphatic rings. The molecular formula is C8H10N2O2. The summed E-state index contributed by atoms with van der Waals surface area (Å²) in [4.78, 5) is 14.8. The molecule has 1 aromatic rings. The molecule has 0 saturated carbocycles. The van der Waals surface area contributed by atoms with Crippen LogP contribution in [0.15, 0.2) is 12.4 Å². The molecule has 0 aliphatic carbocycles. The Balaban J connectivity index is 2.20. The van der Waals surface area contributed by atoms with E-state index in [9.17, 15) is 4.79 Å². The molecule has 1 aromatic heterocycles. The molecule has 1 aliphatic heterocycles. The Bertz CT molecular complexity index is 306. The molecule has 2 rings (SSSR count). The Morgan fingerprint density at radius 1 is 1.75 bits per heavy atom. The number of aryl methyl sites for hydroxylation is 1. The first kappa shape index (κ1) is 7.34. The minimum Gasteiger partial charge on any atom is -0.481 e. The van der Waals surface area contributed by atoms with Gasteiger partial charge in [0.2, 0.25) is 0 Å². The van der Waals surface area contributed by atoms with E-state index < -0.39 is 5.97 Å². The van der Waals surface area contributed by atoms with E-state index in [0.717, 1.165) is 12.2 Å². The van der Waals surface area contributed by atoms with Crippen molar-refractivity contribution in [1.82, 2.24) is 9.55 Å². The topological polar surface area (TPSA) is 55.1 Å². The van der Waals surface area contributed by atoms with Crippen molar-refractivity contribution < 1.29 is 9.90 Å². The molecule has 12 heavy (non-hydrogen) atoms. The molecule has 0 amide bonds. The molecule has 0 saturated heterocycles. The molecule has 0 aromatic carbocycles. The van der Waals surface area contributed by atoms with Crippen molar-refractivity contribution in [1.29, 1.82) is 0 Å². The summed E-state index contributed by atoms with van der Waals surface area (Å²) in [5, 5.41) is 8.77. The number of hydrogen-bond acceptors (Lipinski definition) is 2. The van der Waals surface area contributed by atoms with E-state index in [4.69, 9.17) is 5.11 Å². The third kappa shape index (κ3) is 1.09. The SMILES string of the molecule is O=C(O)C1CCc2nccn2C1. The van der Waals surface area contributed by atoms with E-state index in [-0.39, 0.29) is 5.92 Å². The smallest absolute Gasteiger partial charge is 0.308 e. The number of rotatable bonds is 1. The number of carboxylic acid groups (broad SMARTS) is 1. The Kier molecular flexibility index (Phi) is 1.60. The first-order valence-corrected chi connectivity index (χ1v) is 4.00. The molecule has 64 valence electrons. The monoisotopic (exact) mass is 166 g/mol. The molecule has 2 heterocycles. The van der Waals surface area contributed by atoms with Gasteiger partial charge in [0.05, 0.1) is 5.92 Å². The highest BCUT2D eigenvalue weighted by molar-refractivity contribution is 5.70. The Morgan fingerprint density at radius 2 is 2.58 bits per heavy atom. The van der Waals surface area contributed by atoms with Gasteiger partial charge in [0.15, 0.2) is 0 Å². The van der Waals surface area contributed by atoms with Gasteiger partial charge >= 0.3 is 5.97 Å². The van der Waals surface area contributed by atoms with E-state index in [2.05, 4.69) is 4.98 Å². The summed E-state index contributed by atoms with van der Waals surface area (Å²) in [6, 6.07) is 0. The fraction of sp³-hybridized carbons (Fsp3) is 0.500. The second-order valence-corrected chi connectivity index (χ2v) is 3.07. The van der Waals surface area contributed by atoms with Gasteiger partial charge in [-0.05, 0) is 6.42 Å². The Hall–Kier alpha value is -1.32. The average Bonchev–Trinajstić information content (AvgIpc) is 2.49. The zero-order chi connectivity index (χ0) is 8.55. The highest BCUT2D eigenvalue weighted by atomic mass is 16.4. The van der Waals surface area contributed by atoms with Crippen molar-refractivity contribution in [2.24, 2.45) is 5.92 Å². The third-order valence-electron chi connectivity index (χ3n) is 2.28. The van der Waals surface area contributed by atoms with Crippen molar-refractivity contribution in [2.45, 2.75) is 19.4 Å². The van der Waals surface area contributed by atoms with Gasteiger partial charge in [-0.2, -0.15) is 0 Å². The summed E-state index contributed by atoms with van der Waals surface area (Å²) in [6.45, 7) is 0.574. The number of carbonyl (C=O) groups is 1. The van der Waals surface area contributed by atoms with Crippen LogP contribution in [0, 0.1) is 5.92 Å². The highest BCUT2D eigenvalue weighted by Gasteiger charge is 2.23. The predicted molar refractivity (Wildman–Crippen MR) is 41.7 cm³/mol. The van der Waals surface area contributed by atoms with Crippen LogP contribution in [0.5, 0.6) is 0 Å². The van der Waals surface area contributed by atoms with Crippen LogP contribution in [0.25, 0.3) is 0 Å². The maximum atomic E-state index is 10.7. The first-order chi connectivity index (χ1) is 5.77. The number of aliphatic carboxylic acids is 1. The first-order valence-electron chi connectivity index (χ1n) is 4.00. The molecule has 1 N–H and O–H groups in total. The molecule has 1 atom stereocenters. The van der Waals surface area contributed by atoms with Gasteiger partial charge in [-0.1, -0.05) is 0 Å². The van der Waals surface area contributed by atoms with Crippen molar-refractivity contribution in [3.05, 3.63) is 18.2 Å². The number of carboxylic acids is 1. The number of imidazole rings is 1. The summed E-state index contributed by atoms with van der Waals surface area (Å²) >= 11 is 0. The molecule has 0 radical (unpaired) electrons. The minimum absolute atomic E-state index is 0.230. The van der Waals surface area contributed by atoms with Gasteiger partial charge in [-0.3, -0.25) is 4.79 Å². The fourth-order valence-corrected chi connectivity index (χ4v) is 1.57. The summed E-state index contributed by atoms with van der Waals surface area (Å²) in [6.07, 6.45) is 5.06. The second-order valence-electron chi connectivity index (χ2n) is 3.07. The van der Waals surface area contributed by atoms with Crippen LogP contribution >= 0.6 is 0 Å². The zero-order valence-electron chi connectivity index (χ0n) is 6.60. The lowest BCUT2D eigenvalue weighted by Crippen LogP contribution is -2.26. The molecule has 1 unspecified atom stereocenters. The van der Waals surface area contributed by atoms with E-state index in [1.165, 1.54) is 0 Å². The van der Waals surface area contributed by atoms with E-state index in [1.807, 2.05) is 10.8 Å². The van der Waals surface area contributed by atoms with Crippen LogP contribution in [0.2, 0.25) is 0 Å². The molecule has 4 heteroatoms. The van der Waals surface area contributed by atoms with Crippen LogP contribution < -0.4 is 0 Å². The fourth-order valence-electron chi connectivity index (χ4n) is 1.57. The standard InChI is InChI=1S/C8H10N2O2/c11-8(12)6-1-2-7-9-3-4-10(7)5-6/h3-4,6H,1-2,5H2,(H,11,12). The van der Waals surface area contributed by atoms with Crippen LogP contribution in [-0.4, -0.2) is 20.6 Å². The maximum Gasteiger partial charge on any atom is 0.308 e. The summed E-state index contributed by atoms with van der Waals surface area (Å²) < 4.78 is 1.92. The van der Waals surface area contributed by atoms with Crippen LogP contribution in [0.4, 0.5) is 0 Å². The van der Waals surface area contributed by atoms with Crippen molar-refractivity contribution in [3.8, 4) is 0 Å². The van der Waals surface area contributed by atoms with E-state index in [1.54, 1.807) is 6.20 Å². The quantitative estimate of drug-likeness (QED) is 0.662. The summed E-state index contributed by atoms with van der Waals surface area (Å²) in [5.74, 6) is 0.0774. The molecule has 0 fully saturated rings. The van der Waals surface area contributed by atoms with Gasteiger partial charge in [0, 0.05) is 25.4 Å². The number of fused-ring (bicyclic) bond motifs is 1. The average molecular weight is 166 g/mol. The minimum atomic E-state index is -0.700. The highest BCUT2D eigenvalue weighted by Crippen LogP contribution is 2.18. The Morgan fingerprint density at radius 3 is 3.33 bits per heavy atom. The van der Waals surface area contributed by atoms with Gasteiger partial charge in [-0.15, -0.1) is 0 Å². The normalized spacial score (nSPS) is 21.8. The largest absolute Gasteiger partial charge is 0.481 e. The summed E-state index contributed by atoms with van der Waals surface area (Å²) in [5.41, 5.74) is 0. The van der Waals surface area contributed by atoms with Gasteiger partial charge in [-0.25, -0.2) is 4.98 Å². The van der Waals surface area contributed by atoms with Gasteiger partial charge < -0.3 is 9.67 Å². The molecule has 4 nitrogen and oxygen atoms in total. The van der Waals surface area contributed by atoms with Crippen LogP contribution in [0.1, 0.15) is 12.2 Å². The van der Waals surface area contributed by atoms with Crippen molar-refractivity contribution in [3.63, 3.8) is 0 Å². The number of nitrogens with zero attached hydrogens (tertiary/aromatic N) is 2. The van der Waals surface area contributed by atoms with Gasteiger partial charge in [0.1, 0.15) is 5.82 Å². The van der Waals surface area contributed by atoms with E-state index >= 15 is 0 Å². The van der Waals surface area contributed by atoms with Crippen molar-refractivity contribution in [2.75, 3.05) is 0 Å². The van der Waals surface area contributed by atoms with Crippen LogP contribution in [0.3, 0.4) is 0 Å². The maximum absolute atomic E-state index is 10.7. The molecule has 0 bridgehead atoms. The lowest BCUT2D eigenvalue weighted by atomic mass is 10.00. The van der Waals surface area contributed by atoms with E-state index in [0.29, 0.717) is 13.0 Å². The Labute approximate surface area is 69.8 Å². The zero-order valence-corrected chi connectivity index (χ0v) is 6.60. The van der Waals surface area contributed by atoms with Crippen LogP contribution in [-0.2, 0) is 17.8 Å².